The smallest absolute Gasteiger partial charge is 0.0830 e. The minimum absolute atomic E-state index is 0.163. The summed E-state index contributed by atoms with van der Waals surface area (Å²) in [5, 5.41) is 3.49. The standard InChI is InChI=1S/C17H35NO/c1-4-5-6-7-8-9-10-11-13-16(18-2)17(19-3)14-12-15-17/h16,18H,4-15H2,1-3H3. The van der Waals surface area contributed by atoms with Crippen molar-refractivity contribution in [1.29, 1.82) is 0 Å². The van der Waals surface area contributed by atoms with E-state index in [0.717, 1.165) is 0 Å². The first-order chi connectivity index (χ1) is 9.29. The van der Waals surface area contributed by atoms with E-state index in [1.165, 1.54) is 77.0 Å². The summed E-state index contributed by atoms with van der Waals surface area (Å²) in [6, 6.07) is 0.561. The molecule has 1 unspecified atom stereocenters. The zero-order chi connectivity index (χ0) is 14.0. The second kappa shape index (κ2) is 9.77. The Balaban J connectivity index is 2.03. The highest BCUT2D eigenvalue weighted by molar-refractivity contribution is 4.99. The van der Waals surface area contributed by atoms with Crippen molar-refractivity contribution in [1.82, 2.24) is 5.32 Å². The molecule has 0 bridgehead atoms. The average molecular weight is 269 g/mol. The summed E-state index contributed by atoms with van der Waals surface area (Å²) in [5.74, 6) is 0. The second-order valence-electron chi connectivity index (χ2n) is 6.23. The molecule has 114 valence electrons. The van der Waals surface area contributed by atoms with E-state index >= 15 is 0 Å². The molecule has 1 N–H and O–H groups in total. The van der Waals surface area contributed by atoms with Crippen molar-refractivity contribution in [2.45, 2.75) is 95.6 Å². The third-order valence-corrected chi connectivity index (χ3v) is 4.94. The summed E-state index contributed by atoms with van der Waals surface area (Å²) in [6.07, 6.45) is 16.3. The Hall–Kier alpha value is -0.0800. The molecule has 0 aromatic heterocycles. The molecule has 0 radical (unpaired) electrons. The molecule has 19 heavy (non-hydrogen) atoms. The van der Waals surface area contributed by atoms with Crippen LogP contribution in [0.1, 0.15) is 84.0 Å². The first kappa shape index (κ1) is 17.0. The van der Waals surface area contributed by atoms with Gasteiger partial charge in [-0.1, -0.05) is 58.3 Å². The van der Waals surface area contributed by atoms with Crippen LogP contribution in [0.5, 0.6) is 0 Å². The maximum Gasteiger partial charge on any atom is 0.0830 e. The fourth-order valence-corrected chi connectivity index (χ4v) is 3.37. The first-order valence-electron chi connectivity index (χ1n) is 8.51. The summed E-state index contributed by atoms with van der Waals surface area (Å²) < 4.78 is 5.79. The third-order valence-electron chi connectivity index (χ3n) is 4.94. The maximum absolute atomic E-state index is 5.79. The molecule has 1 aliphatic rings. The molecule has 0 aromatic rings. The Bertz CT molecular complexity index is 208. The van der Waals surface area contributed by atoms with E-state index in [4.69, 9.17) is 4.74 Å². The van der Waals surface area contributed by atoms with Crippen LogP contribution in [-0.2, 0) is 4.74 Å². The van der Waals surface area contributed by atoms with E-state index in [1.807, 2.05) is 7.11 Å². The van der Waals surface area contributed by atoms with Crippen molar-refractivity contribution in [2.24, 2.45) is 0 Å². The minimum Gasteiger partial charge on any atom is -0.377 e. The van der Waals surface area contributed by atoms with Gasteiger partial charge in [-0.2, -0.15) is 0 Å². The van der Waals surface area contributed by atoms with Crippen LogP contribution >= 0.6 is 0 Å². The molecule has 2 heteroatoms. The van der Waals surface area contributed by atoms with Gasteiger partial charge in [0.25, 0.3) is 0 Å². The normalized spacial score (nSPS) is 19.1. The molecule has 0 saturated heterocycles. The summed E-state index contributed by atoms with van der Waals surface area (Å²) in [5.41, 5.74) is 0.163. The molecule has 0 aromatic carbocycles. The molecule has 2 nitrogen and oxygen atoms in total. The Kier molecular flexibility index (Phi) is 8.72. The highest BCUT2D eigenvalue weighted by Gasteiger charge is 2.43. The van der Waals surface area contributed by atoms with E-state index in [1.54, 1.807) is 0 Å². The number of unbranched alkanes of at least 4 members (excludes halogenated alkanes) is 7. The minimum atomic E-state index is 0.163. The maximum atomic E-state index is 5.79. The molecule has 1 fully saturated rings. The van der Waals surface area contributed by atoms with Gasteiger partial charge < -0.3 is 10.1 Å². The van der Waals surface area contributed by atoms with E-state index in [-0.39, 0.29) is 5.60 Å². The summed E-state index contributed by atoms with van der Waals surface area (Å²) >= 11 is 0. The van der Waals surface area contributed by atoms with Crippen molar-refractivity contribution < 1.29 is 4.74 Å². The van der Waals surface area contributed by atoms with Gasteiger partial charge in [0, 0.05) is 13.2 Å². The van der Waals surface area contributed by atoms with Crippen molar-refractivity contribution >= 4 is 0 Å². The lowest BCUT2D eigenvalue weighted by atomic mass is 9.73. The van der Waals surface area contributed by atoms with Gasteiger partial charge in [0.2, 0.25) is 0 Å². The number of hydrogen-bond donors (Lipinski definition) is 1. The fraction of sp³-hybridized carbons (Fsp3) is 1.00. The summed E-state index contributed by atoms with van der Waals surface area (Å²) in [4.78, 5) is 0. The van der Waals surface area contributed by atoms with Gasteiger partial charge >= 0.3 is 0 Å². The molecule has 1 rings (SSSR count). The first-order valence-corrected chi connectivity index (χ1v) is 8.51. The van der Waals surface area contributed by atoms with E-state index in [9.17, 15) is 0 Å². The van der Waals surface area contributed by atoms with Crippen LogP contribution in [0, 0.1) is 0 Å². The van der Waals surface area contributed by atoms with Gasteiger partial charge in [-0.25, -0.2) is 0 Å². The van der Waals surface area contributed by atoms with Gasteiger partial charge in [0.15, 0.2) is 0 Å². The van der Waals surface area contributed by atoms with Crippen molar-refractivity contribution in [2.75, 3.05) is 14.2 Å². The Morgan fingerprint density at radius 3 is 2.00 bits per heavy atom. The Morgan fingerprint density at radius 1 is 1.00 bits per heavy atom. The zero-order valence-electron chi connectivity index (χ0n) is 13.5. The Labute approximate surface area is 120 Å². The molecular formula is C17H35NO. The van der Waals surface area contributed by atoms with E-state index in [0.29, 0.717) is 6.04 Å². The average Bonchev–Trinajstić information content (AvgIpc) is 2.38. The van der Waals surface area contributed by atoms with Gasteiger partial charge in [0.05, 0.1) is 5.60 Å². The second-order valence-corrected chi connectivity index (χ2v) is 6.23. The SMILES string of the molecule is CCCCCCCCCCC(NC)C1(OC)CCC1. The van der Waals surface area contributed by atoms with Crippen molar-refractivity contribution in [3.05, 3.63) is 0 Å². The van der Waals surface area contributed by atoms with Crippen molar-refractivity contribution in [3.8, 4) is 0 Å². The van der Waals surface area contributed by atoms with Crippen LogP contribution in [0.25, 0.3) is 0 Å². The molecule has 1 aliphatic carbocycles. The number of likely N-dealkylation sites (N-methyl/N-ethyl adjacent to an activating group) is 1. The summed E-state index contributed by atoms with van der Waals surface area (Å²) in [6.45, 7) is 2.28. The quantitative estimate of drug-likeness (QED) is 0.520. The lowest BCUT2D eigenvalue weighted by molar-refractivity contribution is -0.0988. The van der Waals surface area contributed by atoms with Gasteiger partial charge in [0.1, 0.15) is 0 Å². The number of ether oxygens (including phenoxy) is 1. The highest BCUT2D eigenvalue weighted by Crippen LogP contribution is 2.39. The third kappa shape index (κ3) is 5.43. The van der Waals surface area contributed by atoms with Crippen LogP contribution in [-0.4, -0.2) is 25.8 Å². The lowest BCUT2D eigenvalue weighted by Gasteiger charge is -2.46. The molecule has 0 aliphatic heterocycles. The van der Waals surface area contributed by atoms with Crippen LogP contribution in [0.2, 0.25) is 0 Å². The number of nitrogens with one attached hydrogen (secondary N) is 1. The Morgan fingerprint density at radius 2 is 1.58 bits per heavy atom. The zero-order valence-corrected chi connectivity index (χ0v) is 13.5. The van der Waals surface area contributed by atoms with Crippen molar-refractivity contribution in [3.63, 3.8) is 0 Å². The monoisotopic (exact) mass is 269 g/mol. The van der Waals surface area contributed by atoms with E-state index < -0.39 is 0 Å². The fourth-order valence-electron chi connectivity index (χ4n) is 3.37. The molecular weight excluding hydrogens is 234 g/mol. The van der Waals surface area contributed by atoms with Gasteiger partial charge in [-0.05, 0) is 32.7 Å². The van der Waals surface area contributed by atoms with Gasteiger partial charge in [-0.15, -0.1) is 0 Å². The molecule has 0 amide bonds. The number of methoxy groups -OCH3 is 1. The predicted molar refractivity (Wildman–Crippen MR) is 83.7 cm³/mol. The van der Waals surface area contributed by atoms with Crippen LogP contribution in [0.3, 0.4) is 0 Å². The molecule has 1 atom stereocenters. The highest BCUT2D eigenvalue weighted by atomic mass is 16.5. The largest absolute Gasteiger partial charge is 0.377 e. The summed E-state index contributed by atoms with van der Waals surface area (Å²) in [7, 11) is 3.98. The van der Waals surface area contributed by atoms with Crippen LogP contribution < -0.4 is 5.32 Å². The number of rotatable bonds is 12. The van der Waals surface area contributed by atoms with Gasteiger partial charge in [-0.3, -0.25) is 0 Å². The molecule has 0 spiro atoms. The molecule has 0 heterocycles. The van der Waals surface area contributed by atoms with Crippen LogP contribution in [0.15, 0.2) is 0 Å². The molecule has 1 saturated carbocycles. The van der Waals surface area contributed by atoms with E-state index in [2.05, 4.69) is 19.3 Å². The predicted octanol–water partition coefficient (Wildman–Crippen LogP) is 4.67. The lowest BCUT2D eigenvalue weighted by Crippen LogP contribution is -2.55. The van der Waals surface area contributed by atoms with Crippen LogP contribution in [0.4, 0.5) is 0 Å². The number of hydrogen-bond acceptors (Lipinski definition) is 2. The topological polar surface area (TPSA) is 21.3 Å².